The average molecular weight is 206 g/mol. The highest BCUT2D eigenvalue weighted by atomic mass is 16.5. The Bertz CT molecular complexity index is 318. The van der Waals surface area contributed by atoms with Crippen LogP contribution in [0.15, 0.2) is 24.3 Å². The standard InChI is InChI=1S/C13H18O2/c1-10(2)15-13-7-5-4-6-12(13)8-11(3)9-14/h4-7,9-11H,8H2,1-3H3. The van der Waals surface area contributed by atoms with Gasteiger partial charge >= 0.3 is 0 Å². The predicted molar refractivity (Wildman–Crippen MR) is 61.1 cm³/mol. The van der Waals surface area contributed by atoms with Crippen molar-refractivity contribution in [3.63, 3.8) is 0 Å². The highest BCUT2D eigenvalue weighted by Crippen LogP contribution is 2.21. The number of ether oxygens (including phenoxy) is 1. The Kier molecular flexibility index (Phi) is 4.35. The van der Waals surface area contributed by atoms with E-state index in [1.807, 2.05) is 45.0 Å². The van der Waals surface area contributed by atoms with Crippen molar-refractivity contribution in [2.45, 2.75) is 33.3 Å². The van der Waals surface area contributed by atoms with Crippen LogP contribution in [0.2, 0.25) is 0 Å². The third kappa shape index (κ3) is 3.74. The van der Waals surface area contributed by atoms with Crippen molar-refractivity contribution in [1.82, 2.24) is 0 Å². The van der Waals surface area contributed by atoms with Crippen molar-refractivity contribution >= 4 is 6.29 Å². The third-order valence-corrected chi connectivity index (χ3v) is 2.11. The number of aldehydes is 1. The van der Waals surface area contributed by atoms with E-state index in [2.05, 4.69) is 0 Å². The Morgan fingerprint density at radius 2 is 1.93 bits per heavy atom. The van der Waals surface area contributed by atoms with Crippen LogP contribution in [0.5, 0.6) is 5.75 Å². The molecule has 2 nitrogen and oxygen atoms in total. The molecule has 0 amide bonds. The molecule has 0 N–H and O–H groups in total. The summed E-state index contributed by atoms with van der Waals surface area (Å²) in [5, 5.41) is 0. The lowest BCUT2D eigenvalue weighted by molar-refractivity contribution is -0.110. The lowest BCUT2D eigenvalue weighted by Gasteiger charge is -2.14. The number of rotatable bonds is 5. The van der Waals surface area contributed by atoms with E-state index in [-0.39, 0.29) is 12.0 Å². The summed E-state index contributed by atoms with van der Waals surface area (Å²) in [5.74, 6) is 0.933. The van der Waals surface area contributed by atoms with Gasteiger partial charge in [0.25, 0.3) is 0 Å². The highest BCUT2D eigenvalue weighted by molar-refractivity contribution is 5.54. The minimum Gasteiger partial charge on any atom is -0.491 e. The van der Waals surface area contributed by atoms with E-state index in [1.165, 1.54) is 0 Å². The van der Waals surface area contributed by atoms with Gasteiger partial charge in [-0.2, -0.15) is 0 Å². The Labute approximate surface area is 91.3 Å². The first-order valence-electron chi connectivity index (χ1n) is 5.33. The molecule has 0 saturated heterocycles. The van der Waals surface area contributed by atoms with Gasteiger partial charge in [-0.25, -0.2) is 0 Å². The molecule has 0 radical (unpaired) electrons. The van der Waals surface area contributed by atoms with Crippen LogP contribution in [0.25, 0.3) is 0 Å². The third-order valence-electron chi connectivity index (χ3n) is 2.11. The first-order chi connectivity index (χ1) is 7.13. The van der Waals surface area contributed by atoms with Crippen LogP contribution in [0.3, 0.4) is 0 Å². The van der Waals surface area contributed by atoms with Gasteiger partial charge < -0.3 is 9.53 Å². The molecule has 15 heavy (non-hydrogen) atoms. The average Bonchev–Trinajstić information content (AvgIpc) is 2.20. The van der Waals surface area contributed by atoms with Crippen LogP contribution in [0, 0.1) is 5.92 Å². The molecular weight excluding hydrogens is 188 g/mol. The van der Waals surface area contributed by atoms with Gasteiger partial charge in [-0.05, 0) is 31.9 Å². The fraction of sp³-hybridized carbons (Fsp3) is 0.462. The number of benzene rings is 1. The van der Waals surface area contributed by atoms with E-state index in [1.54, 1.807) is 0 Å². The molecule has 0 spiro atoms. The van der Waals surface area contributed by atoms with Gasteiger partial charge in [-0.3, -0.25) is 0 Å². The number of carbonyl (C=O) groups is 1. The summed E-state index contributed by atoms with van der Waals surface area (Å²) in [6.07, 6.45) is 1.89. The molecule has 0 bridgehead atoms. The Morgan fingerprint density at radius 3 is 2.53 bits per heavy atom. The molecule has 0 aromatic heterocycles. The van der Waals surface area contributed by atoms with Crippen LogP contribution in [-0.2, 0) is 11.2 Å². The lowest BCUT2D eigenvalue weighted by Crippen LogP contribution is -2.09. The predicted octanol–water partition coefficient (Wildman–Crippen LogP) is 2.85. The number of carbonyl (C=O) groups excluding carboxylic acids is 1. The van der Waals surface area contributed by atoms with Gasteiger partial charge in [0, 0.05) is 5.92 Å². The molecular formula is C13H18O2. The van der Waals surface area contributed by atoms with Gasteiger partial charge in [-0.15, -0.1) is 0 Å². The zero-order valence-corrected chi connectivity index (χ0v) is 9.57. The van der Waals surface area contributed by atoms with Gasteiger partial charge in [0.2, 0.25) is 0 Å². The first kappa shape index (κ1) is 11.8. The maximum absolute atomic E-state index is 10.6. The highest BCUT2D eigenvalue weighted by Gasteiger charge is 2.08. The Morgan fingerprint density at radius 1 is 1.27 bits per heavy atom. The quantitative estimate of drug-likeness (QED) is 0.692. The molecule has 1 atom stereocenters. The van der Waals surface area contributed by atoms with E-state index < -0.39 is 0 Å². The second-order valence-electron chi connectivity index (χ2n) is 4.09. The van der Waals surface area contributed by atoms with Crippen molar-refractivity contribution < 1.29 is 9.53 Å². The van der Waals surface area contributed by atoms with Crippen LogP contribution in [0.4, 0.5) is 0 Å². The van der Waals surface area contributed by atoms with E-state index in [9.17, 15) is 4.79 Å². The lowest BCUT2D eigenvalue weighted by atomic mass is 10.0. The fourth-order valence-electron chi connectivity index (χ4n) is 1.44. The van der Waals surface area contributed by atoms with E-state index in [4.69, 9.17) is 4.74 Å². The molecule has 1 aromatic rings. The smallest absolute Gasteiger partial charge is 0.123 e. The summed E-state index contributed by atoms with van der Waals surface area (Å²) in [7, 11) is 0. The monoisotopic (exact) mass is 206 g/mol. The van der Waals surface area contributed by atoms with Gasteiger partial charge in [0.15, 0.2) is 0 Å². The normalized spacial score (nSPS) is 12.5. The summed E-state index contributed by atoms with van der Waals surface area (Å²) in [6, 6.07) is 7.89. The van der Waals surface area contributed by atoms with E-state index >= 15 is 0 Å². The second kappa shape index (κ2) is 5.54. The molecule has 0 aliphatic heterocycles. The number of para-hydroxylation sites is 1. The van der Waals surface area contributed by atoms with Gasteiger partial charge in [0.1, 0.15) is 12.0 Å². The van der Waals surface area contributed by atoms with Gasteiger partial charge in [0.05, 0.1) is 6.10 Å². The molecule has 1 unspecified atom stereocenters. The zero-order chi connectivity index (χ0) is 11.3. The maximum Gasteiger partial charge on any atom is 0.123 e. The molecule has 1 aromatic carbocycles. The van der Waals surface area contributed by atoms with Crippen molar-refractivity contribution in [2.24, 2.45) is 5.92 Å². The largest absolute Gasteiger partial charge is 0.491 e. The molecule has 82 valence electrons. The van der Waals surface area contributed by atoms with Crippen molar-refractivity contribution in [1.29, 1.82) is 0 Å². The maximum atomic E-state index is 10.6. The molecule has 0 aliphatic carbocycles. The minimum atomic E-state index is 0.0434. The van der Waals surface area contributed by atoms with Crippen molar-refractivity contribution in [3.8, 4) is 5.75 Å². The summed E-state index contributed by atoms with van der Waals surface area (Å²) in [4.78, 5) is 10.6. The molecule has 2 heteroatoms. The summed E-state index contributed by atoms with van der Waals surface area (Å²) in [6.45, 7) is 5.92. The van der Waals surface area contributed by atoms with E-state index in [0.29, 0.717) is 0 Å². The molecule has 0 fully saturated rings. The van der Waals surface area contributed by atoms with E-state index in [0.717, 1.165) is 24.0 Å². The summed E-state index contributed by atoms with van der Waals surface area (Å²) in [5.41, 5.74) is 1.10. The Balaban J connectivity index is 2.81. The minimum absolute atomic E-state index is 0.0434. The summed E-state index contributed by atoms with van der Waals surface area (Å²) >= 11 is 0. The number of hydrogen-bond donors (Lipinski definition) is 0. The first-order valence-corrected chi connectivity index (χ1v) is 5.33. The zero-order valence-electron chi connectivity index (χ0n) is 9.57. The second-order valence-corrected chi connectivity index (χ2v) is 4.09. The number of hydrogen-bond acceptors (Lipinski definition) is 2. The van der Waals surface area contributed by atoms with Crippen molar-refractivity contribution in [3.05, 3.63) is 29.8 Å². The summed E-state index contributed by atoms with van der Waals surface area (Å²) < 4.78 is 5.67. The van der Waals surface area contributed by atoms with Crippen molar-refractivity contribution in [2.75, 3.05) is 0 Å². The SMILES string of the molecule is CC(C=O)Cc1ccccc1OC(C)C. The molecule has 0 saturated carbocycles. The molecule has 0 aliphatic rings. The topological polar surface area (TPSA) is 26.3 Å². The van der Waals surface area contributed by atoms with Crippen LogP contribution in [0.1, 0.15) is 26.3 Å². The molecule has 1 rings (SSSR count). The fourth-order valence-corrected chi connectivity index (χ4v) is 1.44. The van der Waals surface area contributed by atoms with Crippen LogP contribution < -0.4 is 4.74 Å². The van der Waals surface area contributed by atoms with Gasteiger partial charge in [-0.1, -0.05) is 25.1 Å². The molecule has 0 heterocycles. The van der Waals surface area contributed by atoms with Crippen LogP contribution >= 0.6 is 0 Å². The Hall–Kier alpha value is -1.31. The van der Waals surface area contributed by atoms with Crippen LogP contribution in [-0.4, -0.2) is 12.4 Å².